The standard InChI is InChI=1S/C16H26O2Si/c1-16(2,3)19(4,5)18-13-9-12-15(17)14-10-7-6-8-11-14/h6-12,15,17H,13H2,1-5H3/b12-9-/t15-/m1/s1. The summed E-state index contributed by atoms with van der Waals surface area (Å²) in [5.41, 5.74) is 0.908. The second-order valence-electron chi connectivity index (χ2n) is 6.35. The summed E-state index contributed by atoms with van der Waals surface area (Å²) in [4.78, 5) is 0. The van der Waals surface area contributed by atoms with Gasteiger partial charge >= 0.3 is 0 Å². The summed E-state index contributed by atoms with van der Waals surface area (Å²) in [6.45, 7) is 11.7. The second-order valence-corrected chi connectivity index (χ2v) is 11.2. The third kappa shape index (κ3) is 4.94. The third-order valence-electron chi connectivity index (χ3n) is 3.81. The lowest BCUT2D eigenvalue weighted by Crippen LogP contribution is -2.40. The van der Waals surface area contributed by atoms with Gasteiger partial charge in [-0.2, -0.15) is 0 Å². The lowest BCUT2D eigenvalue weighted by molar-refractivity contribution is 0.227. The van der Waals surface area contributed by atoms with Gasteiger partial charge < -0.3 is 9.53 Å². The summed E-state index contributed by atoms with van der Waals surface area (Å²) in [6.07, 6.45) is 3.16. The maximum absolute atomic E-state index is 9.98. The van der Waals surface area contributed by atoms with E-state index in [1.54, 1.807) is 6.08 Å². The Morgan fingerprint density at radius 2 is 1.79 bits per heavy atom. The van der Waals surface area contributed by atoms with Crippen LogP contribution in [-0.4, -0.2) is 20.0 Å². The summed E-state index contributed by atoms with van der Waals surface area (Å²) in [5, 5.41) is 10.2. The Bertz CT molecular complexity index is 405. The quantitative estimate of drug-likeness (QED) is 0.643. The Kier molecular flexibility index (Phi) is 5.53. The molecule has 0 bridgehead atoms. The Balaban J connectivity index is 2.48. The highest BCUT2D eigenvalue weighted by Crippen LogP contribution is 2.36. The molecule has 1 N–H and O–H groups in total. The second kappa shape index (κ2) is 6.50. The number of hydrogen-bond acceptors (Lipinski definition) is 2. The summed E-state index contributed by atoms with van der Waals surface area (Å²) in [7, 11) is -1.69. The average Bonchev–Trinajstić information content (AvgIpc) is 2.34. The van der Waals surface area contributed by atoms with E-state index >= 15 is 0 Å². The minimum Gasteiger partial charge on any atom is -0.413 e. The summed E-state index contributed by atoms with van der Waals surface area (Å²) >= 11 is 0. The van der Waals surface area contributed by atoms with Crippen LogP contribution in [0.15, 0.2) is 42.5 Å². The molecule has 1 aromatic carbocycles. The Hall–Kier alpha value is -0.903. The molecule has 1 rings (SSSR count). The Morgan fingerprint density at radius 1 is 1.21 bits per heavy atom. The van der Waals surface area contributed by atoms with Gasteiger partial charge in [0.05, 0.1) is 12.7 Å². The molecule has 0 aliphatic heterocycles. The number of benzene rings is 1. The lowest BCUT2D eigenvalue weighted by atomic mass is 10.1. The van der Waals surface area contributed by atoms with Crippen LogP contribution in [0.5, 0.6) is 0 Å². The molecule has 106 valence electrons. The average molecular weight is 278 g/mol. The molecule has 0 saturated carbocycles. The van der Waals surface area contributed by atoms with Crippen molar-refractivity contribution in [2.45, 2.75) is 45.0 Å². The molecule has 1 aromatic rings. The fraction of sp³-hybridized carbons (Fsp3) is 0.500. The Labute approximate surface area is 118 Å². The normalized spacial score (nSPS) is 14.8. The van der Waals surface area contributed by atoms with Crippen LogP contribution in [0.1, 0.15) is 32.4 Å². The molecular weight excluding hydrogens is 252 g/mol. The van der Waals surface area contributed by atoms with Crippen LogP contribution in [0.2, 0.25) is 18.1 Å². The molecule has 0 fully saturated rings. The van der Waals surface area contributed by atoms with Gasteiger partial charge in [0.1, 0.15) is 0 Å². The number of rotatable bonds is 5. The van der Waals surface area contributed by atoms with Gasteiger partial charge in [0.25, 0.3) is 0 Å². The van der Waals surface area contributed by atoms with E-state index in [-0.39, 0.29) is 5.04 Å². The summed E-state index contributed by atoms with van der Waals surface area (Å²) in [5.74, 6) is 0. The molecule has 0 amide bonds. The van der Waals surface area contributed by atoms with Crippen molar-refractivity contribution in [3.8, 4) is 0 Å². The van der Waals surface area contributed by atoms with Crippen molar-refractivity contribution in [1.82, 2.24) is 0 Å². The fourth-order valence-electron chi connectivity index (χ4n) is 1.42. The van der Waals surface area contributed by atoms with E-state index in [0.29, 0.717) is 6.61 Å². The van der Waals surface area contributed by atoms with Crippen LogP contribution in [-0.2, 0) is 4.43 Å². The molecule has 0 aliphatic rings. The van der Waals surface area contributed by atoms with Crippen LogP contribution in [0.25, 0.3) is 0 Å². The maximum atomic E-state index is 9.98. The minimum absolute atomic E-state index is 0.221. The van der Waals surface area contributed by atoms with Crippen molar-refractivity contribution in [2.75, 3.05) is 6.61 Å². The highest BCUT2D eigenvalue weighted by atomic mass is 28.4. The molecule has 0 spiro atoms. The van der Waals surface area contributed by atoms with Crippen molar-refractivity contribution in [2.24, 2.45) is 0 Å². The minimum atomic E-state index is -1.69. The van der Waals surface area contributed by atoms with Crippen molar-refractivity contribution in [3.63, 3.8) is 0 Å². The van der Waals surface area contributed by atoms with E-state index < -0.39 is 14.4 Å². The first kappa shape index (κ1) is 16.2. The first-order valence-corrected chi connectivity index (χ1v) is 9.68. The molecule has 0 aliphatic carbocycles. The van der Waals surface area contributed by atoms with E-state index in [2.05, 4.69) is 33.9 Å². The summed E-state index contributed by atoms with van der Waals surface area (Å²) < 4.78 is 6.02. The van der Waals surface area contributed by atoms with Gasteiger partial charge in [-0.25, -0.2) is 0 Å². The first-order chi connectivity index (χ1) is 8.74. The number of aliphatic hydroxyl groups is 1. The van der Waals surface area contributed by atoms with Gasteiger partial charge in [0, 0.05) is 0 Å². The predicted molar refractivity (Wildman–Crippen MR) is 83.7 cm³/mol. The third-order valence-corrected chi connectivity index (χ3v) is 8.31. The van der Waals surface area contributed by atoms with Crippen molar-refractivity contribution < 1.29 is 9.53 Å². The van der Waals surface area contributed by atoms with E-state index in [1.807, 2.05) is 36.4 Å². The molecule has 0 heterocycles. The van der Waals surface area contributed by atoms with Crippen LogP contribution >= 0.6 is 0 Å². The SMILES string of the molecule is CC(C)(C)[Si](C)(C)OC/C=C\[C@@H](O)c1ccccc1. The highest BCUT2D eigenvalue weighted by Gasteiger charge is 2.36. The molecule has 2 nitrogen and oxygen atoms in total. The van der Waals surface area contributed by atoms with Crippen molar-refractivity contribution >= 4 is 8.32 Å². The highest BCUT2D eigenvalue weighted by molar-refractivity contribution is 6.74. The van der Waals surface area contributed by atoms with Gasteiger partial charge in [-0.05, 0) is 23.7 Å². The van der Waals surface area contributed by atoms with Gasteiger partial charge in [-0.3, -0.25) is 0 Å². The monoisotopic (exact) mass is 278 g/mol. The van der Waals surface area contributed by atoms with E-state index in [9.17, 15) is 5.11 Å². The summed E-state index contributed by atoms with van der Waals surface area (Å²) in [6, 6.07) is 9.64. The smallest absolute Gasteiger partial charge is 0.192 e. The lowest BCUT2D eigenvalue weighted by Gasteiger charge is -2.35. The predicted octanol–water partition coefficient (Wildman–Crippen LogP) is 4.30. The maximum Gasteiger partial charge on any atom is 0.192 e. The molecular formula is C16H26O2Si. The van der Waals surface area contributed by atoms with E-state index in [0.717, 1.165) is 5.56 Å². The van der Waals surface area contributed by atoms with Crippen molar-refractivity contribution in [1.29, 1.82) is 0 Å². The van der Waals surface area contributed by atoms with E-state index in [1.165, 1.54) is 0 Å². The van der Waals surface area contributed by atoms with Crippen LogP contribution in [0.4, 0.5) is 0 Å². The van der Waals surface area contributed by atoms with Gasteiger partial charge in [0.15, 0.2) is 8.32 Å². The fourth-order valence-corrected chi connectivity index (χ4v) is 2.36. The van der Waals surface area contributed by atoms with Crippen LogP contribution in [0, 0.1) is 0 Å². The number of aliphatic hydroxyl groups excluding tert-OH is 1. The van der Waals surface area contributed by atoms with Gasteiger partial charge in [0.2, 0.25) is 0 Å². The molecule has 0 saturated heterocycles. The van der Waals surface area contributed by atoms with E-state index in [4.69, 9.17) is 4.43 Å². The molecule has 0 aromatic heterocycles. The topological polar surface area (TPSA) is 29.5 Å². The molecule has 0 unspecified atom stereocenters. The van der Waals surface area contributed by atoms with Crippen molar-refractivity contribution in [3.05, 3.63) is 48.0 Å². The van der Waals surface area contributed by atoms with Gasteiger partial charge in [-0.15, -0.1) is 0 Å². The molecule has 0 radical (unpaired) electrons. The first-order valence-electron chi connectivity index (χ1n) is 6.78. The zero-order chi connectivity index (χ0) is 14.5. The molecule has 19 heavy (non-hydrogen) atoms. The Morgan fingerprint density at radius 3 is 2.32 bits per heavy atom. The molecule has 3 heteroatoms. The zero-order valence-corrected chi connectivity index (χ0v) is 13.7. The van der Waals surface area contributed by atoms with Crippen LogP contribution < -0.4 is 0 Å². The van der Waals surface area contributed by atoms with Gasteiger partial charge in [-0.1, -0.05) is 63.3 Å². The zero-order valence-electron chi connectivity index (χ0n) is 12.7. The van der Waals surface area contributed by atoms with Crippen LogP contribution in [0.3, 0.4) is 0 Å². The largest absolute Gasteiger partial charge is 0.413 e. The molecule has 1 atom stereocenters. The number of hydrogen-bond donors (Lipinski definition) is 1.